The lowest BCUT2D eigenvalue weighted by Gasteiger charge is -2.18. The summed E-state index contributed by atoms with van der Waals surface area (Å²) >= 11 is 0. The molecule has 0 fully saturated rings. The SMILES string of the molecule is Cc1c(-c2cn(C)nc2C(F)(F)F)nc2c(C(C)C)cc(C(C)(F)F)cn2c1=O. The number of fused-ring (bicyclic) bond motifs is 1. The predicted octanol–water partition coefficient (Wildman–Crippen LogP) is 4.66. The maximum atomic E-state index is 13.9. The van der Waals surface area contributed by atoms with Crippen molar-refractivity contribution in [3.63, 3.8) is 0 Å². The third-order valence-corrected chi connectivity index (χ3v) is 4.66. The van der Waals surface area contributed by atoms with Crippen molar-refractivity contribution >= 4 is 5.65 Å². The molecule has 0 N–H and O–H groups in total. The van der Waals surface area contributed by atoms with Crippen LogP contribution >= 0.6 is 0 Å². The smallest absolute Gasteiger partial charge is 0.275 e. The maximum Gasteiger partial charge on any atom is 0.435 e. The van der Waals surface area contributed by atoms with E-state index in [0.29, 0.717) is 12.5 Å². The first kappa shape index (κ1) is 20.9. The van der Waals surface area contributed by atoms with Gasteiger partial charge in [-0.1, -0.05) is 13.8 Å². The van der Waals surface area contributed by atoms with Crippen molar-refractivity contribution in [2.24, 2.45) is 7.05 Å². The van der Waals surface area contributed by atoms with E-state index in [2.05, 4.69) is 10.1 Å². The van der Waals surface area contributed by atoms with Gasteiger partial charge in [-0.15, -0.1) is 0 Å². The normalized spacial score (nSPS) is 12.9. The van der Waals surface area contributed by atoms with Crippen molar-refractivity contribution in [2.75, 3.05) is 0 Å². The van der Waals surface area contributed by atoms with Gasteiger partial charge in [-0.2, -0.15) is 18.3 Å². The third-order valence-electron chi connectivity index (χ3n) is 4.66. The number of hydrogen-bond acceptors (Lipinski definition) is 3. The molecule has 29 heavy (non-hydrogen) atoms. The van der Waals surface area contributed by atoms with Gasteiger partial charge in [0.05, 0.1) is 11.3 Å². The average Bonchev–Trinajstić information content (AvgIpc) is 2.98. The first-order valence-corrected chi connectivity index (χ1v) is 8.78. The van der Waals surface area contributed by atoms with E-state index in [-0.39, 0.29) is 33.9 Å². The van der Waals surface area contributed by atoms with Crippen LogP contribution in [0, 0.1) is 6.92 Å². The van der Waals surface area contributed by atoms with Crippen LogP contribution < -0.4 is 5.56 Å². The molecular formula is C19H19F5N4O. The fourth-order valence-electron chi connectivity index (χ4n) is 3.15. The monoisotopic (exact) mass is 414 g/mol. The van der Waals surface area contributed by atoms with Crippen LogP contribution in [0.3, 0.4) is 0 Å². The van der Waals surface area contributed by atoms with Crippen LogP contribution in [0.25, 0.3) is 16.9 Å². The molecule has 0 saturated heterocycles. The minimum absolute atomic E-state index is 0.0376. The molecular weight excluding hydrogens is 395 g/mol. The quantitative estimate of drug-likeness (QED) is 0.586. The highest BCUT2D eigenvalue weighted by molar-refractivity contribution is 5.68. The summed E-state index contributed by atoms with van der Waals surface area (Å²) in [6.07, 6.45) is -2.62. The molecule has 0 aliphatic heterocycles. The number of alkyl halides is 5. The summed E-state index contributed by atoms with van der Waals surface area (Å²) in [5.74, 6) is -3.50. The number of pyridine rings is 1. The van der Waals surface area contributed by atoms with E-state index in [0.717, 1.165) is 21.5 Å². The molecule has 0 amide bonds. The van der Waals surface area contributed by atoms with Crippen LogP contribution in [-0.4, -0.2) is 19.2 Å². The summed E-state index contributed by atoms with van der Waals surface area (Å²) in [5.41, 5.74) is -2.48. The zero-order valence-electron chi connectivity index (χ0n) is 16.4. The van der Waals surface area contributed by atoms with Gasteiger partial charge < -0.3 is 0 Å². The molecule has 0 bridgehead atoms. The molecule has 0 spiro atoms. The van der Waals surface area contributed by atoms with Crippen LogP contribution in [0.15, 0.2) is 23.3 Å². The Bertz CT molecular complexity index is 1150. The topological polar surface area (TPSA) is 52.2 Å². The summed E-state index contributed by atoms with van der Waals surface area (Å²) in [4.78, 5) is 17.2. The van der Waals surface area contributed by atoms with Crippen molar-refractivity contribution in [3.05, 3.63) is 51.2 Å². The molecule has 0 saturated carbocycles. The second-order valence-electron chi connectivity index (χ2n) is 7.37. The van der Waals surface area contributed by atoms with Gasteiger partial charge in [0, 0.05) is 37.5 Å². The Hall–Kier alpha value is -2.78. The summed E-state index contributed by atoms with van der Waals surface area (Å²) < 4.78 is 70.0. The molecule has 0 aliphatic carbocycles. The summed E-state index contributed by atoms with van der Waals surface area (Å²) in [6.45, 7) is 5.48. The van der Waals surface area contributed by atoms with Crippen LogP contribution in [0.2, 0.25) is 0 Å². The van der Waals surface area contributed by atoms with Crippen molar-refractivity contribution in [1.29, 1.82) is 0 Å². The summed E-state index contributed by atoms with van der Waals surface area (Å²) in [7, 11) is 1.33. The number of halogens is 5. The maximum absolute atomic E-state index is 13.9. The molecule has 0 atom stereocenters. The summed E-state index contributed by atoms with van der Waals surface area (Å²) in [5, 5.41) is 3.46. The molecule has 3 heterocycles. The second-order valence-corrected chi connectivity index (χ2v) is 7.37. The molecule has 3 aromatic heterocycles. The van der Waals surface area contributed by atoms with E-state index >= 15 is 0 Å². The van der Waals surface area contributed by atoms with Gasteiger partial charge in [-0.3, -0.25) is 13.9 Å². The fraction of sp³-hybridized carbons (Fsp3) is 0.421. The Kier molecular flexibility index (Phi) is 4.79. The van der Waals surface area contributed by atoms with E-state index in [4.69, 9.17) is 0 Å². The highest BCUT2D eigenvalue weighted by atomic mass is 19.4. The second kappa shape index (κ2) is 6.64. The fourth-order valence-corrected chi connectivity index (χ4v) is 3.15. The van der Waals surface area contributed by atoms with E-state index in [1.165, 1.54) is 20.0 Å². The molecule has 156 valence electrons. The van der Waals surface area contributed by atoms with Gasteiger partial charge in [-0.25, -0.2) is 13.8 Å². The third kappa shape index (κ3) is 3.63. The largest absolute Gasteiger partial charge is 0.435 e. The molecule has 3 rings (SSSR count). The molecule has 10 heteroatoms. The van der Waals surface area contributed by atoms with Crippen LogP contribution in [0.1, 0.15) is 49.1 Å². The van der Waals surface area contributed by atoms with Crippen molar-refractivity contribution < 1.29 is 22.0 Å². The lowest BCUT2D eigenvalue weighted by atomic mass is 10.00. The lowest BCUT2D eigenvalue weighted by molar-refractivity contribution is -0.141. The molecule has 0 radical (unpaired) electrons. The van der Waals surface area contributed by atoms with Crippen molar-refractivity contribution in [2.45, 2.75) is 45.7 Å². The molecule has 5 nitrogen and oxygen atoms in total. The molecule has 0 aliphatic rings. The van der Waals surface area contributed by atoms with Gasteiger partial charge in [0.25, 0.3) is 11.5 Å². The van der Waals surface area contributed by atoms with Crippen molar-refractivity contribution in [1.82, 2.24) is 19.2 Å². The number of aryl methyl sites for hydroxylation is 1. The van der Waals surface area contributed by atoms with Gasteiger partial charge in [0.2, 0.25) is 0 Å². The van der Waals surface area contributed by atoms with Gasteiger partial charge in [0.1, 0.15) is 5.65 Å². The highest BCUT2D eigenvalue weighted by Crippen LogP contribution is 2.37. The number of rotatable bonds is 3. The van der Waals surface area contributed by atoms with Crippen LogP contribution in [0.5, 0.6) is 0 Å². The van der Waals surface area contributed by atoms with Crippen LogP contribution in [0.4, 0.5) is 22.0 Å². The Morgan fingerprint density at radius 3 is 2.24 bits per heavy atom. The first-order valence-electron chi connectivity index (χ1n) is 8.78. The molecule has 3 aromatic rings. The number of hydrogen-bond donors (Lipinski definition) is 0. The molecule has 0 unspecified atom stereocenters. The Morgan fingerprint density at radius 2 is 1.72 bits per heavy atom. The highest BCUT2D eigenvalue weighted by Gasteiger charge is 2.38. The van der Waals surface area contributed by atoms with Gasteiger partial charge in [-0.05, 0) is 24.5 Å². The van der Waals surface area contributed by atoms with Gasteiger partial charge >= 0.3 is 6.18 Å². The standard InChI is InChI=1S/C19H19F5N4O/c1-9(2)12-6-11(18(4,20)21)7-28-16(12)25-14(10(3)17(28)29)13-8-27(5)26-15(13)19(22,23)24/h6-9H,1-5H3. The summed E-state index contributed by atoms with van der Waals surface area (Å²) in [6, 6.07) is 1.24. The van der Waals surface area contributed by atoms with E-state index in [1.54, 1.807) is 13.8 Å². The number of aromatic nitrogens is 4. The predicted molar refractivity (Wildman–Crippen MR) is 97.1 cm³/mol. The Morgan fingerprint density at radius 1 is 1.10 bits per heavy atom. The van der Waals surface area contributed by atoms with E-state index in [9.17, 15) is 26.7 Å². The van der Waals surface area contributed by atoms with Gasteiger partial charge in [0.15, 0.2) is 5.69 Å². The van der Waals surface area contributed by atoms with Crippen molar-refractivity contribution in [3.8, 4) is 11.3 Å². The zero-order chi connectivity index (χ0) is 21.9. The first-order chi connectivity index (χ1) is 13.2. The van der Waals surface area contributed by atoms with E-state index in [1.807, 2.05) is 0 Å². The molecule has 0 aromatic carbocycles. The van der Waals surface area contributed by atoms with Crippen LogP contribution in [-0.2, 0) is 19.1 Å². The minimum atomic E-state index is -4.75. The zero-order valence-corrected chi connectivity index (χ0v) is 16.4. The van der Waals surface area contributed by atoms with E-state index < -0.39 is 23.4 Å². The minimum Gasteiger partial charge on any atom is -0.275 e. The Labute approximate surface area is 162 Å². The average molecular weight is 414 g/mol. The number of nitrogens with zero attached hydrogens (tertiary/aromatic N) is 4. The lowest BCUT2D eigenvalue weighted by Crippen LogP contribution is -2.23. The Balaban J connectivity index is 2.44.